The summed E-state index contributed by atoms with van der Waals surface area (Å²) in [5, 5.41) is 7.18. The van der Waals surface area contributed by atoms with E-state index in [9.17, 15) is 9.18 Å². The van der Waals surface area contributed by atoms with Crippen LogP contribution >= 0.6 is 12.4 Å². The first-order chi connectivity index (χ1) is 12.0. The Morgan fingerprint density at radius 2 is 2.12 bits per heavy atom. The third-order valence-corrected chi connectivity index (χ3v) is 4.70. The molecular weight excluding hydrogens is 359 g/mol. The Labute approximate surface area is 158 Å². The highest BCUT2D eigenvalue weighted by molar-refractivity contribution is 5.85. The van der Waals surface area contributed by atoms with Crippen LogP contribution in [0, 0.1) is 12.7 Å². The van der Waals surface area contributed by atoms with E-state index < -0.39 is 0 Å². The molecule has 0 saturated carbocycles. The Kier molecular flexibility index (Phi) is 7.11. The lowest BCUT2D eigenvalue weighted by Gasteiger charge is -2.31. The Bertz CT molecular complexity index is 747. The summed E-state index contributed by atoms with van der Waals surface area (Å²) in [7, 11) is 1.85. The van der Waals surface area contributed by atoms with Crippen molar-refractivity contribution in [1.29, 1.82) is 0 Å². The molecule has 1 aliphatic rings. The van der Waals surface area contributed by atoms with E-state index in [1.165, 1.54) is 6.07 Å². The Morgan fingerprint density at radius 1 is 1.38 bits per heavy atom. The van der Waals surface area contributed by atoms with Gasteiger partial charge in [-0.3, -0.25) is 4.79 Å². The number of hydrogen-bond acceptors (Lipinski definition) is 5. The summed E-state index contributed by atoms with van der Waals surface area (Å²) in [6.07, 6.45) is 2.66. The van der Waals surface area contributed by atoms with Gasteiger partial charge in [-0.25, -0.2) is 4.39 Å². The molecule has 6 nitrogen and oxygen atoms in total. The number of carbonyl (C=O) groups excluding carboxylic acids is 1. The molecule has 3 rings (SSSR count). The molecule has 1 saturated heterocycles. The van der Waals surface area contributed by atoms with Crippen LogP contribution in [0.4, 0.5) is 4.39 Å². The summed E-state index contributed by atoms with van der Waals surface area (Å²) < 4.78 is 18.9. The number of piperidine rings is 1. The molecule has 1 aliphatic heterocycles. The average Bonchev–Trinajstić information content (AvgIpc) is 3.11. The van der Waals surface area contributed by atoms with Gasteiger partial charge < -0.3 is 14.7 Å². The predicted octanol–water partition coefficient (Wildman–Crippen LogP) is 2.75. The molecule has 0 spiro atoms. The number of aryl methyl sites for hydroxylation is 2. The summed E-state index contributed by atoms with van der Waals surface area (Å²) in [5.41, 5.74) is 1.13. The van der Waals surface area contributed by atoms with Crippen molar-refractivity contribution in [3.8, 4) is 11.4 Å². The Hall–Kier alpha value is -1.99. The highest BCUT2D eigenvalue weighted by atomic mass is 35.5. The molecular formula is C18H24ClFN4O2. The van der Waals surface area contributed by atoms with Gasteiger partial charge in [-0.15, -0.1) is 12.4 Å². The zero-order valence-electron chi connectivity index (χ0n) is 15.0. The lowest BCUT2D eigenvalue weighted by atomic mass is 10.0. The topological polar surface area (TPSA) is 71.3 Å². The SMILES string of the molecule is Cc1ccc(-c2noc(CCC(=O)N(C)C3CCNCC3)n2)cc1F.Cl. The van der Waals surface area contributed by atoms with Gasteiger partial charge in [0.05, 0.1) is 0 Å². The second-order valence-electron chi connectivity index (χ2n) is 6.46. The Morgan fingerprint density at radius 3 is 2.81 bits per heavy atom. The minimum Gasteiger partial charge on any atom is -0.343 e. The molecule has 8 heteroatoms. The summed E-state index contributed by atoms with van der Waals surface area (Å²) in [5.74, 6) is 0.506. The van der Waals surface area contributed by atoms with E-state index in [-0.39, 0.29) is 24.1 Å². The van der Waals surface area contributed by atoms with E-state index in [0.29, 0.717) is 41.7 Å². The number of halogens is 2. The van der Waals surface area contributed by atoms with Crippen molar-refractivity contribution >= 4 is 18.3 Å². The van der Waals surface area contributed by atoms with E-state index in [0.717, 1.165) is 25.9 Å². The molecule has 1 N–H and O–H groups in total. The van der Waals surface area contributed by atoms with Crippen LogP contribution in [0.5, 0.6) is 0 Å². The normalized spacial score (nSPS) is 14.7. The van der Waals surface area contributed by atoms with Crippen molar-refractivity contribution < 1.29 is 13.7 Å². The summed E-state index contributed by atoms with van der Waals surface area (Å²) in [6.45, 7) is 3.59. The largest absolute Gasteiger partial charge is 0.343 e. The van der Waals surface area contributed by atoms with E-state index >= 15 is 0 Å². The van der Waals surface area contributed by atoms with Crippen LogP contribution in [0.3, 0.4) is 0 Å². The van der Waals surface area contributed by atoms with Crippen LogP contribution in [0.25, 0.3) is 11.4 Å². The number of carbonyl (C=O) groups is 1. The number of amides is 1. The highest BCUT2D eigenvalue weighted by Gasteiger charge is 2.22. The molecule has 1 fully saturated rings. The van der Waals surface area contributed by atoms with Crippen molar-refractivity contribution in [1.82, 2.24) is 20.4 Å². The maximum atomic E-state index is 13.7. The van der Waals surface area contributed by atoms with Crippen LogP contribution in [0.2, 0.25) is 0 Å². The molecule has 1 aromatic carbocycles. The van der Waals surface area contributed by atoms with E-state index in [1.807, 2.05) is 11.9 Å². The predicted molar refractivity (Wildman–Crippen MR) is 98.7 cm³/mol. The van der Waals surface area contributed by atoms with Gasteiger partial charge in [-0.05, 0) is 44.5 Å². The molecule has 142 valence electrons. The second-order valence-corrected chi connectivity index (χ2v) is 6.46. The molecule has 0 unspecified atom stereocenters. The van der Waals surface area contributed by atoms with Gasteiger partial charge in [0, 0.05) is 31.5 Å². The molecule has 0 radical (unpaired) electrons. The molecule has 2 aromatic rings. The first-order valence-electron chi connectivity index (χ1n) is 8.60. The molecule has 0 atom stereocenters. The van der Waals surface area contributed by atoms with Gasteiger partial charge in [0.25, 0.3) is 0 Å². The van der Waals surface area contributed by atoms with Crippen LogP contribution < -0.4 is 5.32 Å². The molecule has 2 heterocycles. The van der Waals surface area contributed by atoms with E-state index in [1.54, 1.807) is 19.1 Å². The third kappa shape index (κ3) is 4.80. The first kappa shape index (κ1) is 20.3. The number of hydrogen-bond donors (Lipinski definition) is 1. The smallest absolute Gasteiger partial charge is 0.227 e. The quantitative estimate of drug-likeness (QED) is 0.860. The fourth-order valence-electron chi connectivity index (χ4n) is 2.99. The fraction of sp³-hybridized carbons (Fsp3) is 0.500. The zero-order chi connectivity index (χ0) is 17.8. The number of rotatable bonds is 5. The van der Waals surface area contributed by atoms with Gasteiger partial charge in [-0.1, -0.05) is 17.3 Å². The third-order valence-electron chi connectivity index (χ3n) is 4.70. The van der Waals surface area contributed by atoms with Gasteiger partial charge in [0.2, 0.25) is 17.6 Å². The van der Waals surface area contributed by atoms with Crippen LogP contribution in [0.15, 0.2) is 22.7 Å². The number of nitrogens with zero attached hydrogens (tertiary/aromatic N) is 3. The van der Waals surface area contributed by atoms with Crippen molar-refractivity contribution in [2.75, 3.05) is 20.1 Å². The van der Waals surface area contributed by atoms with Crippen molar-refractivity contribution in [2.24, 2.45) is 0 Å². The van der Waals surface area contributed by atoms with Crippen LogP contribution in [-0.4, -0.2) is 47.1 Å². The van der Waals surface area contributed by atoms with Gasteiger partial charge >= 0.3 is 0 Å². The second kappa shape index (κ2) is 9.09. The minimum absolute atomic E-state index is 0. The zero-order valence-corrected chi connectivity index (χ0v) is 15.8. The number of aromatic nitrogens is 2. The molecule has 1 amide bonds. The van der Waals surface area contributed by atoms with E-state index in [4.69, 9.17) is 4.52 Å². The van der Waals surface area contributed by atoms with Gasteiger partial charge in [-0.2, -0.15) is 4.98 Å². The standard InChI is InChI=1S/C18H23FN4O2.ClH/c1-12-3-4-13(11-15(12)19)18-21-16(25-22-18)5-6-17(24)23(2)14-7-9-20-10-8-14;/h3-4,11,14,20H,5-10H2,1-2H3;1H. The van der Waals surface area contributed by atoms with Crippen molar-refractivity contribution in [3.05, 3.63) is 35.5 Å². The molecule has 0 bridgehead atoms. The molecule has 0 aliphatic carbocycles. The lowest BCUT2D eigenvalue weighted by molar-refractivity contribution is -0.132. The lowest BCUT2D eigenvalue weighted by Crippen LogP contribution is -2.44. The number of benzene rings is 1. The van der Waals surface area contributed by atoms with Crippen molar-refractivity contribution in [2.45, 2.75) is 38.6 Å². The maximum absolute atomic E-state index is 13.7. The first-order valence-corrected chi connectivity index (χ1v) is 8.60. The minimum atomic E-state index is -0.303. The van der Waals surface area contributed by atoms with Crippen LogP contribution in [0.1, 0.15) is 30.7 Å². The number of nitrogens with one attached hydrogen (secondary N) is 1. The monoisotopic (exact) mass is 382 g/mol. The fourth-order valence-corrected chi connectivity index (χ4v) is 2.99. The maximum Gasteiger partial charge on any atom is 0.227 e. The molecule has 26 heavy (non-hydrogen) atoms. The Balaban J connectivity index is 0.00000243. The van der Waals surface area contributed by atoms with Gasteiger partial charge in [0.15, 0.2) is 0 Å². The average molecular weight is 383 g/mol. The summed E-state index contributed by atoms with van der Waals surface area (Å²) in [6, 6.07) is 5.11. The highest BCUT2D eigenvalue weighted by Crippen LogP contribution is 2.19. The summed E-state index contributed by atoms with van der Waals surface area (Å²) >= 11 is 0. The summed E-state index contributed by atoms with van der Waals surface area (Å²) in [4.78, 5) is 18.4. The van der Waals surface area contributed by atoms with Crippen LogP contribution in [-0.2, 0) is 11.2 Å². The van der Waals surface area contributed by atoms with Gasteiger partial charge in [0.1, 0.15) is 5.82 Å². The van der Waals surface area contributed by atoms with E-state index in [2.05, 4.69) is 15.5 Å². The molecule has 1 aromatic heterocycles. The van der Waals surface area contributed by atoms with Crippen molar-refractivity contribution in [3.63, 3.8) is 0 Å².